The number of phenols is 2. The number of phenolic OH excluding ortho intramolecular Hbond substituents is 2. The predicted octanol–water partition coefficient (Wildman–Crippen LogP) is -0.586. The van der Waals surface area contributed by atoms with Crippen molar-refractivity contribution in [3.05, 3.63) is 41.5 Å². The van der Waals surface area contributed by atoms with Crippen LogP contribution in [0.15, 0.2) is 30.3 Å². The van der Waals surface area contributed by atoms with Crippen molar-refractivity contribution in [3.8, 4) is 28.7 Å². The van der Waals surface area contributed by atoms with Gasteiger partial charge in [0, 0.05) is 24.1 Å². The molecule has 0 amide bonds. The average molecular weight is 480 g/mol. The smallest absolute Gasteiger partial charge is 0.335 e. The van der Waals surface area contributed by atoms with Crippen molar-refractivity contribution < 1.29 is 59.5 Å². The van der Waals surface area contributed by atoms with E-state index in [1.54, 1.807) is 6.07 Å². The highest BCUT2D eigenvalue weighted by Gasteiger charge is 2.48. The molecular formula is C22H24O12. The Morgan fingerprint density at radius 2 is 1.74 bits per heavy atom. The molecule has 184 valence electrons. The van der Waals surface area contributed by atoms with E-state index in [2.05, 4.69) is 0 Å². The zero-order chi connectivity index (χ0) is 24.7. The van der Waals surface area contributed by atoms with Crippen molar-refractivity contribution in [2.45, 2.75) is 49.3 Å². The molecule has 0 radical (unpaired) electrons. The monoisotopic (exact) mass is 480 g/mol. The Balaban J connectivity index is 1.63. The molecule has 2 aliphatic rings. The van der Waals surface area contributed by atoms with Crippen LogP contribution in [0.3, 0.4) is 0 Å². The lowest BCUT2D eigenvalue weighted by atomic mass is 9.94. The largest absolute Gasteiger partial charge is 0.508 e. The van der Waals surface area contributed by atoms with Crippen LogP contribution in [-0.4, -0.2) is 85.6 Å². The van der Waals surface area contributed by atoms with E-state index in [1.807, 2.05) is 0 Å². The van der Waals surface area contributed by atoms with Crippen molar-refractivity contribution in [2.75, 3.05) is 7.11 Å². The Kier molecular flexibility index (Phi) is 6.43. The Bertz CT molecular complexity index is 1070. The van der Waals surface area contributed by atoms with Crippen molar-refractivity contribution in [3.63, 3.8) is 0 Å². The van der Waals surface area contributed by atoms with E-state index < -0.39 is 48.9 Å². The van der Waals surface area contributed by atoms with Gasteiger partial charge in [0.2, 0.25) is 6.29 Å². The zero-order valence-electron chi connectivity index (χ0n) is 17.8. The molecule has 7 atom stereocenters. The second-order valence-electron chi connectivity index (χ2n) is 8.01. The first-order valence-electron chi connectivity index (χ1n) is 10.3. The third kappa shape index (κ3) is 4.29. The summed E-state index contributed by atoms with van der Waals surface area (Å²) in [5.41, 5.74) is 0.718. The number of benzene rings is 2. The number of rotatable bonds is 5. The average Bonchev–Trinajstić information content (AvgIpc) is 2.79. The van der Waals surface area contributed by atoms with Gasteiger partial charge in [0.05, 0.1) is 13.2 Å². The number of carboxylic acids is 1. The highest BCUT2D eigenvalue weighted by molar-refractivity contribution is 5.73. The second kappa shape index (κ2) is 9.16. The standard InChI is InChI=1S/C22H24O12/c1-31-13-3-2-8(19-12(25)7-10-11(24)5-9(23)6-14(10)32-19)4-15(13)33-22-18(28)16(26)17(27)20(34-22)21(29)30/h2-6,12,16-20,22-28H,7H2,1H3,(H,29,30)/t12?,16-,17-,18+,19?,20-,22?/m0/s1. The molecule has 12 nitrogen and oxygen atoms in total. The van der Waals surface area contributed by atoms with Gasteiger partial charge in [-0.05, 0) is 17.7 Å². The van der Waals surface area contributed by atoms with Crippen molar-refractivity contribution >= 4 is 5.97 Å². The molecule has 2 aromatic carbocycles. The van der Waals surface area contributed by atoms with Gasteiger partial charge in [0.25, 0.3) is 0 Å². The SMILES string of the molecule is COc1ccc(C2Oc3cc(O)cc(O)c3CC2O)cc1OC1O[C@H](C(=O)O)[C@@H](O)[C@H](O)[C@H]1O. The fourth-order valence-corrected chi connectivity index (χ4v) is 3.99. The quantitative estimate of drug-likeness (QED) is 0.288. The number of aromatic hydroxyl groups is 2. The van der Waals surface area contributed by atoms with E-state index in [4.69, 9.17) is 18.9 Å². The van der Waals surface area contributed by atoms with Crippen LogP contribution in [0.2, 0.25) is 0 Å². The van der Waals surface area contributed by atoms with Crippen LogP contribution in [0.25, 0.3) is 0 Å². The number of aliphatic carboxylic acids is 1. The van der Waals surface area contributed by atoms with Crippen LogP contribution in [0, 0.1) is 0 Å². The molecule has 0 aromatic heterocycles. The molecule has 34 heavy (non-hydrogen) atoms. The lowest BCUT2D eigenvalue weighted by Crippen LogP contribution is -2.61. The summed E-state index contributed by atoms with van der Waals surface area (Å²) >= 11 is 0. The maximum atomic E-state index is 11.3. The van der Waals surface area contributed by atoms with Gasteiger partial charge in [-0.25, -0.2) is 4.79 Å². The molecular weight excluding hydrogens is 456 g/mol. The molecule has 2 aliphatic heterocycles. The van der Waals surface area contributed by atoms with Gasteiger partial charge in [-0.3, -0.25) is 0 Å². The van der Waals surface area contributed by atoms with E-state index in [9.17, 15) is 40.5 Å². The molecule has 7 N–H and O–H groups in total. The first-order valence-corrected chi connectivity index (χ1v) is 10.3. The van der Waals surface area contributed by atoms with Crippen LogP contribution < -0.4 is 14.2 Å². The number of methoxy groups -OCH3 is 1. The first kappa shape index (κ1) is 23.9. The molecule has 2 aromatic rings. The van der Waals surface area contributed by atoms with Gasteiger partial charge in [0.1, 0.15) is 41.7 Å². The lowest BCUT2D eigenvalue weighted by Gasteiger charge is -2.38. The fourth-order valence-electron chi connectivity index (χ4n) is 3.99. The molecule has 4 rings (SSSR count). The zero-order valence-corrected chi connectivity index (χ0v) is 17.8. The Hall–Kier alpha value is -3.29. The number of fused-ring (bicyclic) bond motifs is 1. The Labute approximate surface area is 192 Å². The predicted molar refractivity (Wildman–Crippen MR) is 111 cm³/mol. The third-order valence-corrected chi connectivity index (χ3v) is 5.76. The Morgan fingerprint density at radius 1 is 1.00 bits per heavy atom. The normalized spacial score (nSPS) is 30.7. The fraction of sp³-hybridized carbons (Fsp3) is 0.409. The van der Waals surface area contributed by atoms with Crippen molar-refractivity contribution in [1.29, 1.82) is 0 Å². The molecule has 1 fully saturated rings. The molecule has 0 aliphatic carbocycles. The number of hydrogen-bond acceptors (Lipinski definition) is 11. The minimum atomic E-state index is -1.88. The highest BCUT2D eigenvalue weighted by atomic mass is 16.7. The number of aliphatic hydroxyl groups is 4. The van der Waals surface area contributed by atoms with Crippen LogP contribution in [0.1, 0.15) is 17.2 Å². The molecule has 0 spiro atoms. The third-order valence-electron chi connectivity index (χ3n) is 5.76. The van der Waals surface area contributed by atoms with Gasteiger partial charge < -0.3 is 54.7 Å². The number of aliphatic hydroxyl groups excluding tert-OH is 4. The van der Waals surface area contributed by atoms with E-state index in [0.29, 0.717) is 11.1 Å². The maximum absolute atomic E-state index is 11.3. The summed E-state index contributed by atoms with van der Waals surface area (Å²) in [5.74, 6) is -1.69. The topological polar surface area (TPSA) is 196 Å². The molecule has 0 saturated carbocycles. The summed E-state index contributed by atoms with van der Waals surface area (Å²) in [4.78, 5) is 11.3. The van der Waals surface area contributed by atoms with Gasteiger partial charge in [-0.2, -0.15) is 0 Å². The first-order chi connectivity index (χ1) is 16.1. The minimum absolute atomic E-state index is 0.0304. The van der Waals surface area contributed by atoms with Gasteiger partial charge in [0.15, 0.2) is 17.6 Å². The maximum Gasteiger partial charge on any atom is 0.335 e. The van der Waals surface area contributed by atoms with E-state index in [-0.39, 0.29) is 35.2 Å². The van der Waals surface area contributed by atoms with Crippen molar-refractivity contribution in [2.24, 2.45) is 0 Å². The van der Waals surface area contributed by atoms with E-state index >= 15 is 0 Å². The number of hydrogen-bond donors (Lipinski definition) is 7. The summed E-state index contributed by atoms with van der Waals surface area (Å²) in [6.07, 6.45) is -11.0. The summed E-state index contributed by atoms with van der Waals surface area (Å²) in [6, 6.07) is 6.90. The van der Waals surface area contributed by atoms with Gasteiger partial charge >= 0.3 is 5.97 Å². The Morgan fingerprint density at radius 3 is 2.41 bits per heavy atom. The molecule has 0 bridgehead atoms. The van der Waals surface area contributed by atoms with Crippen molar-refractivity contribution in [1.82, 2.24) is 0 Å². The van der Waals surface area contributed by atoms with E-state index in [0.717, 1.165) is 6.07 Å². The summed E-state index contributed by atoms with van der Waals surface area (Å²) in [6.45, 7) is 0. The van der Waals surface area contributed by atoms with E-state index in [1.165, 1.54) is 25.3 Å². The summed E-state index contributed by atoms with van der Waals surface area (Å²) < 4.78 is 21.8. The summed E-state index contributed by atoms with van der Waals surface area (Å²) in [7, 11) is 1.34. The second-order valence-corrected chi connectivity index (χ2v) is 8.01. The van der Waals surface area contributed by atoms with Gasteiger partial charge in [-0.1, -0.05) is 6.07 Å². The summed E-state index contributed by atoms with van der Waals surface area (Å²) in [5, 5.41) is 69.8. The molecule has 3 unspecified atom stereocenters. The number of carboxylic acid groups (broad SMARTS) is 1. The van der Waals surface area contributed by atoms with Gasteiger partial charge in [-0.15, -0.1) is 0 Å². The number of ether oxygens (including phenoxy) is 4. The molecule has 12 heteroatoms. The van der Waals surface area contributed by atoms with Crippen LogP contribution in [-0.2, 0) is 16.0 Å². The highest BCUT2D eigenvalue weighted by Crippen LogP contribution is 2.43. The molecule has 2 heterocycles. The number of carbonyl (C=O) groups is 1. The minimum Gasteiger partial charge on any atom is -0.508 e. The van der Waals surface area contributed by atoms with Crippen LogP contribution in [0.5, 0.6) is 28.7 Å². The van der Waals surface area contributed by atoms with Crippen LogP contribution >= 0.6 is 0 Å². The molecule has 1 saturated heterocycles. The van der Waals surface area contributed by atoms with Crippen LogP contribution in [0.4, 0.5) is 0 Å². The lowest BCUT2D eigenvalue weighted by molar-refractivity contribution is -0.271.